The van der Waals surface area contributed by atoms with Gasteiger partial charge in [0.15, 0.2) is 0 Å². The van der Waals surface area contributed by atoms with Crippen molar-refractivity contribution in [3.8, 4) is 5.75 Å². The van der Waals surface area contributed by atoms with Gasteiger partial charge in [0.05, 0.1) is 7.11 Å². The second kappa shape index (κ2) is 6.10. The van der Waals surface area contributed by atoms with Crippen LogP contribution in [-0.2, 0) is 0 Å². The highest BCUT2D eigenvalue weighted by atomic mass is 16.5. The maximum atomic E-state index is 9.11. The van der Waals surface area contributed by atoms with E-state index in [1.165, 1.54) is 12.1 Å². The van der Waals surface area contributed by atoms with Gasteiger partial charge < -0.3 is 14.7 Å². The predicted octanol–water partition coefficient (Wildman–Crippen LogP) is 2.54. The van der Waals surface area contributed by atoms with E-state index in [0.29, 0.717) is 18.4 Å². The highest BCUT2D eigenvalue weighted by molar-refractivity contribution is 5.49. The lowest BCUT2D eigenvalue weighted by molar-refractivity contribution is 0.215. The van der Waals surface area contributed by atoms with Gasteiger partial charge in [-0.25, -0.2) is 0 Å². The molecule has 3 heteroatoms. The van der Waals surface area contributed by atoms with E-state index in [4.69, 9.17) is 9.84 Å². The van der Waals surface area contributed by atoms with E-state index in [9.17, 15) is 0 Å². The van der Waals surface area contributed by atoms with Crippen molar-refractivity contribution in [2.24, 2.45) is 11.8 Å². The average molecular weight is 249 g/mol. The van der Waals surface area contributed by atoms with Crippen molar-refractivity contribution in [1.82, 2.24) is 0 Å². The summed E-state index contributed by atoms with van der Waals surface area (Å²) in [5.74, 6) is 2.04. The molecule has 0 saturated carbocycles. The fourth-order valence-electron chi connectivity index (χ4n) is 2.70. The van der Waals surface area contributed by atoms with E-state index in [-0.39, 0.29) is 0 Å². The molecule has 100 valence electrons. The third-order valence-corrected chi connectivity index (χ3v) is 3.77. The number of aliphatic hydroxyl groups is 1. The summed E-state index contributed by atoms with van der Waals surface area (Å²) in [6, 6.07) is 8.27. The molecule has 0 bridgehead atoms. The molecule has 1 aliphatic rings. The number of hydrogen-bond acceptors (Lipinski definition) is 3. The quantitative estimate of drug-likeness (QED) is 0.870. The number of methoxy groups -OCH3 is 1. The largest absolute Gasteiger partial charge is 0.497 e. The van der Waals surface area contributed by atoms with Gasteiger partial charge in [-0.2, -0.15) is 0 Å². The molecule has 2 rings (SSSR count). The third kappa shape index (κ3) is 3.16. The van der Waals surface area contributed by atoms with Crippen LogP contribution < -0.4 is 9.64 Å². The van der Waals surface area contributed by atoms with Gasteiger partial charge in [-0.15, -0.1) is 0 Å². The fourth-order valence-corrected chi connectivity index (χ4v) is 2.70. The topological polar surface area (TPSA) is 32.7 Å². The highest BCUT2D eigenvalue weighted by Gasteiger charge is 2.23. The molecule has 1 N–H and O–H groups in total. The lowest BCUT2D eigenvalue weighted by atomic mass is 9.96. The summed E-state index contributed by atoms with van der Waals surface area (Å²) in [7, 11) is 1.69. The van der Waals surface area contributed by atoms with Crippen molar-refractivity contribution in [3.05, 3.63) is 24.3 Å². The molecule has 1 fully saturated rings. The molecule has 0 aromatic heterocycles. The predicted molar refractivity (Wildman–Crippen MR) is 74.2 cm³/mol. The first-order chi connectivity index (χ1) is 8.72. The minimum atomic E-state index is 0.305. The molecule has 2 atom stereocenters. The maximum absolute atomic E-state index is 9.11. The molecule has 0 spiro atoms. The molecular formula is C15H23NO2. The number of aliphatic hydroxyl groups excluding tert-OH is 1. The van der Waals surface area contributed by atoms with Crippen LogP contribution in [0.15, 0.2) is 24.3 Å². The van der Waals surface area contributed by atoms with Crippen LogP contribution >= 0.6 is 0 Å². The highest BCUT2D eigenvalue weighted by Crippen LogP contribution is 2.28. The monoisotopic (exact) mass is 249 g/mol. The van der Waals surface area contributed by atoms with E-state index >= 15 is 0 Å². The van der Waals surface area contributed by atoms with Crippen molar-refractivity contribution >= 4 is 5.69 Å². The zero-order valence-electron chi connectivity index (χ0n) is 11.3. The number of hydrogen-bond donors (Lipinski definition) is 1. The molecule has 18 heavy (non-hydrogen) atoms. The zero-order valence-corrected chi connectivity index (χ0v) is 11.3. The van der Waals surface area contributed by atoms with Crippen LogP contribution in [-0.4, -0.2) is 31.9 Å². The number of benzene rings is 1. The summed E-state index contributed by atoms with van der Waals surface area (Å²) in [6.07, 6.45) is 2.36. The van der Waals surface area contributed by atoms with Crippen LogP contribution in [0.25, 0.3) is 0 Å². The number of anilines is 1. The molecule has 3 nitrogen and oxygen atoms in total. The molecule has 0 amide bonds. The van der Waals surface area contributed by atoms with E-state index in [1.807, 2.05) is 12.1 Å². The van der Waals surface area contributed by atoms with Gasteiger partial charge in [-0.05, 0) is 48.9 Å². The Morgan fingerprint density at radius 1 is 1.39 bits per heavy atom. The second-order valence-corrected chi connectivity index (χ2v) is 5.32. The Labute approximate surface area is 109 Å². The minimum absolute atomic E-state index is 0.305. The molecule has 0 aliphatic carbocycles. The molecule has 1 aliphatic heterocycles. The SMILES string of the molecule is COc1ccc(N2CCC(CC(C)CO)C2)cc1. The Morgan fingerprint density at radius 3 is 2.72 bits per heavy atom. The van der Waals surface area contributed by atoms with Crippen molar-refractivity contribution < 1.29 is 9.84 Å². The number of ether oxygens (including phenoxy) is 1. The zero-order chi connectivity index (χ0) is 13.0. The summed E-state index contributed by atoms with van der Waals surface area (Å²) in [5, 5.41) is 9.11. The first-order valence-corrected chi connectivity index (χ1v) is 6.72. The first-order valence-electron chi connectivity index (χ1n) is 6.72. The van der Waals surface area contributed by atoms with Crippen LogP contribution in [0.1, 0.15) is 19.8 Å². The summed E-state index contributed by atoms with van der Waals surface area (Å²) in [4.78, 5) is 2.42. The Balaban J connectivity index is 1.91. The third-order valence-electron chi connectivity index (χ3n) is 3.77. The van der Waals surface area contributed by atoms with Gasteiger partial charge in [0.2, 0.25) is 0 Å². The Bertz CT molecular complexity index is 363. The number of rotatable bonds is 5. The van der Waals surface area contributed by atoms with Crippen LogP contribution in [0.3, 0.4) is 0 Å². The molecule has 1 aromatic carbocycles. The second-order valence-electron chi connectivity index (χ2n) is 5.32. The van der Waals surface area contributed by atoms with E-state index in [2.05, 4.69) is 24.0 Å². The van der Waals surface area contributed by atoms with Crippen LogP contribution in [0.2, 0.25) is 0 Å². The lowest BCUT2D eigenvalue weighted by Crippen LogP contribution is -2.20. The molecule has 0 radical (unpaired) electrons. The van der Waals surface area contributed by atoms with E-state index < -0.39 is 0 Å². The lowest BCUT2D eigenvalue weighted by Gasteiger charge is -2.20. The first kappa shape index (κ1) is 13.2. The Hall–Kier alpha value is -1.22. The maximum Gasteiger partial charge on any atom is 0.119 e. The molecular weight excluding hydrogens is 226 g/mol. The smallest absolute Gasteiger partial charge is 0.119 e. The van der Waals surface area contributed by atoms with Crippen LogP contribution in [0.5, 0.6) is 5.75 Å². The van der Waals surface area contributed by atoms with Crippen molar-refractivity contribution in [3.63, 3.8) is 0 Å². The van der Waals surface area contributed by atoms with Crippen LogP contribution in [0, 0.1) is 11.8 Å². The van der Waals surface area contributed by atoms with Gasteiger partial charge in [0.1, 0.15) is 5.75 Å². The molecule has 1 aromatic rings. The van der Waals surface area contributed by atoms with Crippen molar-refractivity contribution in [2.45, 2.75) is 19.8 Å². The molecule has 2 unspecified atom stereocenters. The Morgan fingerprint density at radius 2 is 2.11 bits per heavy atom. The van der Waals surface area contributed by atoms with Crippen molar-refractivity contribution in [1.29, 1.82) is 0 Å². The van der Waals surface area contributed by atoms with Crippen LogP contribution in [0.4, 0.5) is 5.69 Å². The molecule has 1 saturated heterocycles. The fraction of sp³-hybridized carbons (Fsp3) is 0.600. The van der Waals surface area contributed by atoms with E-state index in [0.717, 1.165) is 25.3 Å². The summed E-state index contributed by atoms with van der Waals surface area (Å²) in [5.41, 5.74) is 1.27. The molecule has 1 heterocycles. The number of nitrogens with zero attached hydrogens (tertiary/aromatic N) is 1. The minimum Gasteiger partial charge on any atom is -0.497 e. The average Bonchev–Trinajstić information content (AvgIpc) is 2.87. The van der Waals surface area contributed by atoms with Gasteiger partial charge in [-0.3, -0.25) is 0 Å². The summed E-state index contributed by atoms with van der Waals surface area (Å²) >= 11 is 0. The summed E-state index contributed by atoms with van der Waals surface area (Å²) in [6.45, 7) is 4.65. The van der Waals surface area contributed by atoms with Crippen molar-refractivity contribution in [2.75, 3.05) is 31.7 Å². The standard InChI is InChI=1S/C15H23NO2/c1-12(11-17)9-13-7-8-16(10-13)14-3-5-15(18-2)6-4-14/h3-6,12-13,17H,7-11H2,1-2H3. The van der Waals surface area contributed by atoms with E-state index in [1.54, 1.807) is 7.11 Å². The Kier molecular flexibility index (Phi) is 4.48. The summed E-state index contributed by atoms with van der Waals surface area (Å²) < 4.78 is 5.17. The van der Waals surface area contributed by atoms with Gasteiger partial charge in [-0.1, -0.05) is 6.92 Å². The normalized spacial score (nSPS) is 21.1. The van der Waals surface area contributed by atoms with Gasteiger partial charge >= 0.3 is 0 Å². The van der Waals surface area contributed by atoms with Gasteiger partial charge in [0, 0.05) is 25.4 Å². The van der Waals surface area contributed by atoms with Gasteiger partial charge in [0.25, 0.3) is 0 Å².